The van der Waals surface area contributed by atoms with Gasteiger partial charge in [0.1, 0.15) is 5.82 Å². The van der Waals surface area contributed by atoms with Crippen LogP contribution in [0.1, 0.15) is 28.5 Å². The van der Waals surface area contributed by atoms with E-state index in [2.05, 4.69) is 20.6 Å². The number of nitrogens with zero attached hydrogens (tertiary/aromatic N) is 3. The number of carbonyl (C=O) groups excluding carboxylic acids is 1. The molecule has 0 bridgehead atoms. The summed E-state index contributed by atoms with van der Waals surface area (Å²) >= 11 is 1.63. The van der Waals surface area contributed by atoms with E-state index in [1.54, 1.807) is 22.1 Å². The van der Waals surface area contributed by atoms with Crippen molar-refractivity contribution in [1.82, 2.24) is 20.0 Å². The third kappa shape index (κ3) is 2.27. The van der Waals surface area contributed by atoms with Crippen LogP contribution >= 0.6 is 11.3 Å². The van der Waals surface area contributed by atoms with E-state index >= 15 is 0 Å². The summed E-state index contributed by atoms with van der Waals surface area (Å²) in [5.74, 6) is 1.02. The zero-order valence-corrected chi connectivity index (χ0v) is 13.1. The summed E-state index contributed by atoms with van der Waals surface area (Å²) in [5.41, 5.74) is 1.55. The molecular formula is C15H13N5O2S. The molecule has 23 heavy (non-hydrogen) atoms. The highest BCUT2D eigenvalue weighted by atomic mass is 32.1. The molecule has 4 heterocycles. The molecule has 8 heteroatoms. The third-order valence-electron chi connectivity index (χ3n) is 3.87. The summed E-state index contributed by atoms with van der Waals surface area (Å²) in [6.07, 6.45) is 0.402. The Morgan fingerprint density at radius 1 is 1.30 bits per heavy atom. The van der Waals surface area contributed by atoms with Crippen LogP contribution in [0, 0.1) is 6.92 Å². The Kier molecular flexibility index (Phi) is 3.12. The summed E-state index contributed by atoms with van der Waals surface area (Å²) in [5, 5.41) is 15.8. The summed E-state index contributed by atoms with van der Waals surface area (Å²) in [7, 11) is 0. The lowest BCUT2D eigenvalue weighted by Gasteiger charge is -2.22. The minimum absolute atomic E-state index is 0.00439. The average molecular weight is 327 g/mol. The lowest BCUT2D eigenvalue weighted by Crippen LogP contribution is -2.25. The Hall–Kier alpha value is -2.74. The first-order chi connectivity index (χ1) is 11.1. The van der Waals surface area contributed by atoms with Crippen molar-refractivity contribution in [1.29, 1.82) is 0 Å². The van der Waals surface area contributed by atoms with E-state index in [1.165, 1.54) is 6.07 Å². The number of aromatic nitrogens is 4. The molecule has 0 aliphatic carbocycles. The van der Waals surface area contributed by atoms with Crippen LogP contribution in [0.5, 0.6) is 0 Å². The Morgan fingerprint density at radius 3 is 2.87 bits per heavy atom. The average Bonchev–Trinajstić information content (AvgIpc) is 3.16. The molecule has 0 saturated heterocycles. The normalized spacial score (nSPS) is 16.9. The molecule has 0 spiro atoms. The fourth-order valence-electron chi connectivity index (χ4n) is 2.90. The molecule has 0 saturated carbocycles. The van der Waals surface area contributed by atoms with Gasteiger partial charge < -0.3 is 5.32 Å². The topological polar surface area (TPSA) is 92.7 Å². The van der Waals surface area contributed by atoms with Gasteiger partial charge in [-0.3, -0.25) is 9.59 Å². The van der Waals surface area contributed by atoms with E-state index in [1.807, 2.05) is 24.4 Å². The zero-order valence-electron chi connectivity index (χ0n) is 12.2. The second-order valence-corrected chi connectivity index (χ2v) is 6.34. The van der Waals surface area contributed by atoms with E-state index in [0.29, 0.717) is 18.1 Å². The molecule has 0 fully saturated rings. The highest BCUT2D eigenvalue weighted by Gasteiger charge is 2.33. The quantitative estimate of drug-likeness (QED) is 0.750. The summed E-state index contributed by atoms with van der Waals surface area (Å²) in [6, 6.07) is 6.97. The number of carbonyl (C=O) groups is 1. The van der Waals surface area contributed by atoms with Crippen molar-refractivity contribution in [3.63, 3.8) is 0 Å². The van der Waals surface area contributed by atoms with E-state index in [0.717, 1.165) is 16.1 Å². The number of hydrogen-bond donors (Lipinski definition) is 2. The molecule has 7 nitrogen and oxygen atoms in total. The van der Waals surface area contributed by atoms with Crippen molar-refractivity contribution < 1.29 is 4.79 Å². The van der Waals surface area contributed by atoms with Crippen molar-refractivity contribution >= 4 is 23.1 Å². The molecule has 1 amide bonds. The van der Waals surface area contributed by atoms with Crippen LogP contribution in [0.4, 0.5) is 5.82 Å². The van der Waals surface area contributed by atoms with Crippen LogP contribution in [0.3, 0.4) is 0 Å². The minimum atomic E-state index is -0.285. The number of fused-ring (bicyclic) bond motifs is 1. The van der Waals surface area contributed by atoms with Crippen LogP contribution in [0.2, 0.25) is 0 Å². The maximum absolute atomic E-state index is 12.2. The summed E-state index contributed by atoms with van der Waals surface area (Å²) in [6.45, 7) is 1.92. The number of H-pyrrole nitrogens is 1. The summed E-state index contributed by atoms with van der Waals surface area (Å²) in [4.78, 5) is 24.5. The largest absolute Gasteiger partial charge is 0.310 e. The van der Waals surface area contributed by atoms with Crippen LogP contribution < -0.4 is 10.9 Å². The van der Waals surface area contributed by atoms with Crippen molar-refractivity contribution in [2.45, 2.75) is 19.3 Å². The van der Waals surface area contributed by atoms with Crippen LogP contribution in [-0.4, -0.2) is 25.9 Å². The second-order valence-electron chi connectivity index (χ2n) is 5.36. The van der Waals surface area contributed by atoms with Gasteiger partial charge in [0.05, 0.1) is 5.69 Å². The number of nitrogens with one attached hydrogen (secondary N) is 2. The number of aromatic amines is 1. The highest BCUT2D eigenvalue weighted by molar-refractivity contribution is 7.10. The minimum Gasteiger partial charge on any atom is -0.310 e. The van der Waals surface area contributed by atoms with Gasteiger partial charge in [0.15, 0.2) is 5.82 Å². The number of amides is 1. The molecule has 1 aliphatic rings. The Balaban J connectivity index is 1.90. The van der Waals surface area contributed by atoms with Gasteiger partial charge in [-0.1, -0.05) is 6.07 Å². The maximum Gasteiger partial charge on any atom is 0.264 e. The lowest BCUT2D eigenvalue weighted by atomic mass is 9.91. The molecule has 0 aromatic carbocycles. The van der Waals surface area contributed by atoms with E-state index in [4.69, 9.17) is 0 Å². The van der Waals surface area contributed by atoms with Crippen molar-refractivity contribution in [3.05, 3.63) is 56.1 Å². The SMILES string of the molecule is Cc1nn(-c2ccc(=O)[nH]n2)c2c1[C@H](c1cccs1)CC(=O)N2. The van der Waals surface area contributed by atoms with Crippen LogP contribution in [-0.2, 0) is 4.79 Å². The molecule has 3 aromatic rings. The predicted octanol–water partition coefficient (Wildman–Crippen LogP) is 1.80. The number of aryl methyl sites for hydroxylation is 1. The molecular weight excluding hydrogens is 314 g/mol. The predicted molar refractivity (Wildman–Crippen MR) is 86.1 cm³/mol. The first-order valence-corrected chi connectivity index (χ1v) is 8.00. The summed E-state index contributed by atoms with van der Waals surface area (Å²) < 4.78 is 1.57. The molecule has 0 radical (unpaired) electrons. The van der Waals surface area contributed by atoms with Crippen LogP contribution in [0.15, 0.2) is 34.4 Å². The maximum atomic E-state index is 12.2. The van der Waals surface area contributed by atoms with Gasteiger partial charge >= 0.3 is 0 Å². The van der Waals surface area contributed by atoms with Gasteiger partial charge in [0.2, 0.25) is 5.91 Å². The first-order valence-electron chi connectivity index (χ1n) is 7.12. The highest BCUT2D eigenvalue weighted by Crippen LogP contribution is 2.41. The van der Waals surface area contributed by atoms with E-state index < -0.39 is 0 Å². The van der Waals surface area contributed by atoms with Gasteiger partial charge in [0, 0.05) is 28.8 Å². The monoisotopic (exact) mass is 327 g/mol. The van der Waals surface area contributed by atoms with E-state index in [-0.39, 0.29) is 17.4 Å². The standard InChI is InChI=1S/C15H13N5O2S/c1-8-14-9(10-3-2-6-23-10)7-13(22)16-15(14)20(19-8)11-4-5-12(21)18-17-11/h2-6,9H,7H2,1H3,(H,16,22)(H,18,21)/t9-/m0/s1. The molecule has 4 rings (SSSR count). The molecule has 0 unspecified atom stereocenters. The molecule has 1 atom stereocenters. The number of hydrogen-bond acceptors (Lipinski definition) is 5. The lowest BCUT2D eigenvalue weighted by molar-refractivity contribution is -0.116. The third-order valence-corrected chi connectivity index (χ3v) is 4.86. The van der Waals surface area contributed by atoms with Crippen molar-refractivity contribution in [2.24, 2.45) is 0 Å². The second kappa shape index (κ2) is 5.17. The van der Waals surface area contributed by atoms with Gasteiger partial charge in [-0.25, -0.2) is 5.10 Å². The molecule has 3 aromatic heterocycles. The molecule has 2 N–H and O–H groups in total. The Morgan fingerprint density at radius 2 is 2.17 bits per heavy atom. The fourth-order valence-corrected chi connectivity index (χ4v) is 3.74. The first kappa shape index (κ1) is 13.9. The smallest absolute Gasteiger partial charge is 0.264 e. The van der Waals surface area contributed by atoms with Gasteiger partial charge in [-0.15, -0.1) is 11.3 Å². The fraction of sp³-hybridized carbons (Fsp3) is 0.200. The molecule has 116 valence electrons. The van der Waals surface area contributed by atoms with Gasteiger partial charge in [-0.2, -0.15) is 14.9 Å². The number of rotatable bonds is 2. The Labute approximate surface area is 135 Å². The molecule has 1 aliphatic heterocycles. The zero-order chi connectivity index (χ0) is 16.0. The Bertz CT molecular complexity index is 921. The van der Waals surface area contributed by atoms with E-state index in [9.17, 15) is 9.59 Å². The van der Waals surface area contributed by atoms with Crippen LogP contribution in [0.25, 0.3) is 5.82 Å². The van der Waals surface area contributed by atoms with Crippen molar-refractivity contribution in [2.75, 3.05) is 5.32 Å². The number of thiophene rings is 1. The van der Waals surface area contributed by atoms with Gasteiger partial charge in [-0.05, 0) is 24.4 Å². The van der Waals surface area contributed by atoms with Crippen molar-refractivity contribution in [3.8, 4) is 5.82 Å². The number of anilines is 1. The van der Waals surface area contributed by atoms with Gasteiger partial charge in [0.25, 0.3) is 5.56 Å².